The van der Waals surface area contributed by atoms with Crippen LogP contribution in [0.25, 0.3) is 0 Å². The van der Waals surface area contributed by atoms with Gasteiger partial charge in [0.15, 0.2) is 5.13 Å². The third kappa shape index (κ3) is 7.48. The Kier molecular flexibility index (Phi) is 8.03. The second-order valence-corrected chi connectivity index (χ2v) is 8.49. The maximum absolute atomic E-state index is 12.2. The highest BCUT2D eigenvalue weighted by atomic mass is 32.2. The van der Waals surface area contributed by atoms with E-state index in [1.807, 2.05) is 30.3 Å². The van der Waals surface area contributed by atoms with Gasteiger partial charge in [-0.05, 0) is 12.0 Å². The van der Waals surface area contributed by atoms with Crippen LogP contribution in [-0.4, -0.2) is 46.5 Å². The predicted molar refractivity (Wildman–Crippen MR) is 114 cm³/mol. The number of anilines is 1. The van der Waals surface area contributed by atoms with Crippen LogP contribution < -0.4 is 21.3 Å². The van der Waals surface area contributed by atoms with E-state index in [4.69, 9.17) is 0 Å². The summed E-state index contributed by atoms with van der Waals surface area (Å²) in [6.07, 6.45) is 2.82. The molecule has 3 rings (SSSR count). The first-order valence-electron chi connectivity index (χ1n) is 9.25. The van der Waals surface area contributed by atoms with Gasteiger partial charge < -0.3 is 16.0 Å². The summed E-state index contributed by atoms with van der Waals surface area (Å²) in [5.74, 6) is -0.267. The monoisotopic (exact) mass is 433 g/mol. The van der Waals surface area contributed by atoms with Crippen molar-refractivity contribution in [1.82, 2.24) is 20.9 Å². The smallest absolute Gasteiger partial charge is 0.236 e. The quantitative estimate of drug-likeness (QED) is 0.475. The number of thioether (sulfide) groups is 1. The van der Waals surface area contributed by atoms with Gasteiger partial charge in [0.2, 0.25) is 17.7 Å². The summed E-state index contributed by atoms with van der Waals surface area (Å²) < 4.78 is 0. The van der Waals surface area contributed by atoms with E-state index in [-0.39, 0.29) is 42.4 Å². The molecule has 8 nitrogen and oxygen atoms in total. The highest BCUT2D eigenvalue weighted by Gasteiger charge is 2.28. The molecule has 0 spiro atoms. The third-order valence-corrected chi connectivity index (χ3v) is 5.89. The minimum atomic E-state index is -0.416. The summed E-state index contributed by atoms with van der Waals surface area (Å²) in [6, 6.07) is 9.67. The minimum Gasteiger partial charge on any atom is -0.356 e. The van der Waals surface area contributed by atoms with Crippen molar-refractivity contribution in [3.05, 3.63) is 47.5 Å². The maximum Gasteiger partial charge on any atom is 0.236 e. The number of amides is 3. The molecule has 0 saturated carbocycles. The van der Waals surface area contributed by atoms with E-state index in [2.05, 4.69) is 26.3 Å². The fourth-order valence-electron chi connectivity index (χ4n) is 2.85. The lowest BCUT2D eigenvalue weighted by Crippen LogP contribution is -2.56. The first-order valence-corrected chi connectivity index (χ1v) is 11.2. The Morgan fingerprint density at radius 1 is 1.24 bits per heavy atom. The molecule has 1 aliphatic heterocycles. The number of hydrogen-bond acceptors (Lipinski definition) is 7. The predicted octanol–water partition coefficient (Wildman–Crippen LogP) is 1.33. The zero-order chi connectivity index (χ0) is 20.5. The van der Waals surface area contributed by atoms with Gasteiger partial charge in [-0.3, -0.25) is 19.7 Å². The van der Waals surface area contributed by atoms with Crippen LogP contribution in [0.15, 0.2) is 41.9 Å². The van der Waals surface area contributed by atoms with E-state index in [1.54, 1.807) is 11.6 Å². The second-order valence-electron chi connectivity index (χ2n) is 6.50. The first-order chi connectivity index (χ1) is 14.1. The average Bonchev–Trinajstić information content (AvgIpc) is 3.20. The second kappa shape index (κ2) is 10.9. The molecular weight excluding hydrogens is 410 g/mol. The van der Waals surface area contributed by atoms with Gasteiger partial charge in [0.05, 0.1) is 5.75 Å². The largest absolute Gasteiger partial charge is 0.356 e. The molecule has 29 heavy (non-hydrogen) atoms. The molecule has 0 bridgehead atoms. The Balaban J connectivity index is 1.37. The molecule has 4 N–H and O–H groups in total. The molecule has 2 unspecified atom stereocenters. The fraction of sp³-hybridized carbons (Fsp3) is 0.368. The fourth-order valence-corrected chi connectivity index (χ4v) is 4.29. The van der Waals surface area contributed by atoms with E-state index in [1.165, 1.54) is 23.1 Å². The lowest BCUT2D eigenvalue weighted by atomic mass is 10.1. The van der Waals surface area contributed by atoms with Crippen LogP contribution in [0.5, 0.6) is 0 Å². The topological polar surface area (TPSA) is 112 Å². The molecule has 2 heterocycles. The van der Waals surface area contributed by atoms with Gasteiger partial charge in [0, 0.05) is 37.0 Å². The lowest BCUT2D eigenvalue weighted by molar-refractivity contribution is -0.125. The van der Waals surface area contributed by atoms with Crippen molar-refractivity contribution >= 4 is 46.0 Å². The Hall–Kier alpha value is -2.43. The average molecular weight is 434 g/mol. The van der Waals surface area contributed by atoms with Crippen LogP contribution >= 0.6 is 23.1 Å². The van der Waals surface area contributed by atoms with Gasteiger partial charge in [0.1, 0.15) is 5.50 Å². The summed E-state index contributed by atoms with van der Waals surface area (Å²) in [5, 5.41) is 13.9. The normalized spacial score (nSPS) is 18.7. The first kappa shape index (κ1) is 21.3. The van der Waals surface area contributed by atoms with Gasteiger partial charge >= 0.3 is 0 Å². The van der Waals surface area contributed by atoms with Crippen molar-refractivity contribution in [2.75, 3.05) is 17.6 Å². The van der Waals surface area contributed by atoms with Crippen LogP contribution in [0.3, 0.4) is 0 Å². The molecule has 154 valence electrons. The zero-order valence-corrected chi connectivity index (χ0v) is 17.4. The lowest BCUT2D eigenvalue weighted by Gasteiger charge is -2.30. The highest BCUT2D eigenvalue weighted by Crippen LogP contribution is 2.16. The number of benzene rings is 1. The third-order valence-electron chi connectivity index (χ3n) is 4.18. The minimum absolute atomic E-state index is 0.0987. The van der Waals surface area contributed by atoms with Gasteiger partial charge in [-0.1, -0.05) is 30.3 Å². The Morgan fingerprint density at radius 2 is 2.07 bits per heavy atom. The number of nitrogens with zero attached hydrogens (tertiary/aromatic N) is 1. The molecule has 1 saturated heterocycles. The van der Waals surface area contributed by atoms with E-state index in [0.717, 1.165) is 12.0 Å². The van der Waals surface area contributed by atoms with E-state index >= 15 is 0 Å². The van der Waals surface area contributed by atoms with Crippen molar-refractivity contribution in [1.29, 1.82) is 0 Å². The summed E-state index contributed by atoms with van der Waals surface area (Å²) in [7, 11) is 0. The van der Waals surface area contributed by atoms with E-state index in [0.29, 0.717) is 11.7 Å². The van der Waals surface area contributed by atoms with Crippen LogP contribution in [0.2, 0.25) is 0 Å². The van der Waals surface area contributed by atoms with Crippen LogP contribution in [0, 0.1) is 0 Å². The molecular formula is C19H23N5O3S2. The number of hydrogen-bond donors (Lipinski definition) is 4. The summed E-state index contributed by atoms with van der Waals surface area (Å²) in [5.41, 5.74) is 0.746. The summed E-state index contributed by atoms with van der Waals surface area (Å²) in [4.78, 5) is 40.1. The number of aromatic nitrogens is 1. The van der Waals surface area contributed by atoms with E-state index in [9.17, 15) is 14.4 Å². The van der Waals surface area contributed by atoms with E-state index < -0.39 is 5.50 Å². The number of carbonyl (C=O) groups is 3. The number of carbonyl (C=O) groups excluding carboxylic acids is 3. The molecule has 2 atom stereocenters. The molecule has 10 heteroatoms. The molecule has 1 aliphatic rings. The molecule has 2 aromatic rings. The van der Waals surface area contributed by atoms with Crippen LogP contribution in [0.1, 0.15) is 18.4 Å². The van der Waals surface area contributed by atoms with Crippen molar-refractivity contribution in [3.8, 4) is 0 Å². The zero-order valence-electron chi connectivity index (χ0n) is 15.7. The van der Waals surface area contributed by atoms with Gasteiger partial charge in [-0.25, -0.2) is 4.98 Å². The van der Waals surface area contributed by atoms with Crippen LogP contribution in [0.4, 0.5) is 5.13 Å². The Morgan fingerprint density at radius 3 is 2.83 bits per heavy atom. The van der Waals surface area contributed by atoms with Crippen molar-refractivity contribution in [2.45, 2.75) is 30.8 Å². The maximum atomic E-state index is 12.2. The van der Waals surface area contributed by atoms with Gasteiger partial charge in [-0.15, -0.1) is 23.1 Å². The van der Waals surface area contributed by atoms with Gasteiger partial charge in [0.25, 0.3) is 0 Å². The van der Waals surface area contributed by atoms with Crippen molar-refractivity contribution in [2.24, 2.45) is 0 Å². The molecule has 1 aromatic heterocycles. The number of nitrogens with one attached hydrogen (secondary N) is 4. The number of rotatable bonds is 9. The van der Waals surface area contributed by atoms with Gasteiger partial charge in [-0.2, -0.15) is 0 Å². The summed E-state index contributed by atoms with van der Waals surface area (Å²) in [6.45, 7) is 0.552. The van der Waals surface area contributed by atoms with Crippen LogP contribution in [-0.2, 0) is 20.8 Å². The number of thiazole rings is 1. The van der Waals surface area contributed by atoms with Crippen molar-refractivity contribution < 1.29 is 14.4 Å². The standard InChI is InChI=1S/C19H23N5O3S2/c25-15(20-7-6-13-4-2-1-3-5-13)10-14-11-16(26)23-19(22-14)29-12-17(27)24-18-21-8-9-28-18/h1-5,8-9,14,19,22H,6-7,10-12H2,(H,20,25)(H,23,26)(H,21,24,27). The molecule has 1 aromatic carbocycles. The van der Waals surface area contributed by atoms with Crippen molar-refractivity contribution in [3.63, 3.8) is 0 Å². The Bertz CT molecular complexity index is 817. The molecule has 0 radical (unpaired) electrons. The molecule has 0 aliphatic carbocycles. The Labute approximate surface area is 177 Å². The highest BCUT2D eigenvalue weighted by molar-refractivity contribution is 8.00. The molecule has 3 amide bonds. The SMILES string of the molecule is O=C(CC1CC(=O)NC(SCC(=O)Nc2nccs2)N1)NCCc1ccccc1. The molecule has 1 fully saturated rings. The summed E-state index contributed by atoms with van der Waals surface area (Å²) >= 11 is 2.61.